The van der Waals surface area contributed by atoms with E-state index in [-0.39, 0.29) is 37.3 Å². The SMILES string of the molecule is CCc1cccc(C2(NC[C@@H](O)[C@@H]3Cc4cc(F)cc(c4)OCCCCCC(=O)N(C)[C@@H](CC(N)=O)C(=O)N3)CC2)c1. The number of aryl methyl sites for hydroxylation is 1. The molecule has 3 atom stereocenters. The number of likely N-dealkylation sites (N-methyl/N-ethyl adjacent to an activating group) is 1. The zero-order valence-electron chi connectivity index (χ0n) is 24.5. The summed E-state index contributed by atoms with van der Waals surface area (Å²) in [6.07, 6.45) is 3.58. The molecule has 1 fully saturated rings. The molecule has 0 saturated heterocycles. The van der Waals surface area contributed by atoms with Crippen LogP contribution in [0, 0.1) is 5.82 Å². The minimum absolute atomic E-state index is 0.0992. The summed E-state index contributed by atoms with van der Waals surface area (Å²) in [5.41, 5.74) is 8.12. The van der Waals surface area contributed by atoms with Gasteiger partial charge in [0.05, 0.1) is 25.2 Å². The first-order valence-electron chi connectivity index (χ1n) is 14.9. The molecule has 228 valence electrons. The smallest absolute Gasteiger partial charge is 0.243 e. The Bertz CT molecular complexity index is 1270. The van der Waals surface area contributed by atoms with E-state index >= 15 is 0 Å². The molecule has 1 heterocycles. The van der Waals surface area contributed by atoms with Crippen LogP contribution in [0.15, 0.2) is 42.5 Å². The monoisotopic (exact) mass is 582 g/mol. The van der Waals surface area contributed by atoms with Crippen molar-refractivity contribution in [1.29, 1.82) is 0 Å². The molecule has 1 aliphatic heterocycles. The van der Waals surface area contributed by atoms with Gasteiger partial charge in [0.2, 0.25) is 17.7 Å². The molecular weight excluding hydrogens is 539 g/mol. The molecular formula is C32H43FN4O5. The van der Waals surface area contributed by atoms with E-state index in [4.69, 9.17) is 10.5 Å². The van der Waals surface area contributed by atoms with Gasteiger partial charge >= 0.3 is 0 Å². The van der Waals surface area contributed by atoms with Gasteiger partial charge in [-0.3, -0.25) is 14.4 Å². The van der Waals surface area contributed by atoms with Crippen molar-refractivity contribution in [2.75, 3.05) is 20.2 Å². The topological polar surface area (TPSA) is 134 Å². The van der Waals surface area contributed by atoms with Gasteiger partial charge in [-0.2, -0.15) is 0 Å². The number of fused-ring (bicyclic) bond motifs is 2. The van der Waals surface area contributed by atoms with E-state index in [2.05, 4.69) is 35.8 Å². The third-order valence-electron chi connectivity index (χ3n) is 8.33. The van der Waals surface area contributed by atoms with Crippen LogP contribution in [0.2, 0.25) is 0 Å². The van der Waals surface area contributed by atoms with Crippen molar-refractivity contribution in [3.63, 3.8) is 0 Å². The van der Waals surface area contributed by atoms with Gasteiger partial charge in [-0.05, 0) is 73.8 Å². The van der Waals surface area contributed by atoms with Crippen LogP contribution < -0.4 is 21.1 Å². The highest BCUT2D eigenvalue weighted by Gasteiger charge is 2.44. The summed E-state index contributed by atoms with van der Waals surface area (Å²) in [4.78, 5) is 39.6. The minimum Gasteiger partial charge on any atom is -0.493 e. The number of primary amides is 1. The zero-order valence-corrected chi connectivity index (χ0v) is 24.5. The first kappa shape index (κ1) is 31.4. The lowest BCUT2D eigenvalue weighted by Crippen LogP contribution is -2.56. The van der Waals surface area contributed by atoms with Gasteiger partial charge < -0.3 is 31.1 Å². The first-order valence-corrected chi connectivity index (χ1v) is 14.9. The minimum atomic E-state index is -1.14. The fourth-order valence-electron chi connectivity index (χ4n) is 5.55. The van der Waals surface area contributed by atoms with Crippen molar-refractivity contribution < 1.29 is 28.6 Å². The molecule has 1 aliphatic carbocycles. The number of benzene rings is 2. The molecule has 0 spiro atoms. The van der Waals surface area contributed by atoms with Gasteiger partial charge in [-0.25, -0.2) is 4.39 Å². The molecule has 9 nitrogen and oxygen atoms in total. The maximum Gasteiger partial charge on any atom is 0.243 e. The number of aliphatic hydroxyl groups excluding tert-OH is 1. The van der Waals surface area contributed by atoms with Crippen LogP contribution in [0.3, 0.4) is 0 Å². The molecule has 5 N–H and O–H groups in total. The summed E-state index contributed by atoms with van der Waals surface area (Å²) in [5.74, 6) is -1.72. The molecule has 2 aromatic carbocycles. The average molecular weight is 583 g/mol. The van der Waals surface area contributed by atoms with Crippen molar-refractivity contribution in [2.24, 2.45) is 5.73 Å². The van der Waals surface area contributed by atoms with Crippen LogP contribution in [0.4, 0.5) is 4.39 Å². The second-order valence-electron chi connectivity index (χ2n) is 11.5. The number of nitrogens with two attached hydrogens (primary N) is 1. The summed E-state index contributed by atoms with van der Waals surface area (Å²) in [7, 11) is 1.48. The lowest BCUT2D eigenvalue weighted by molar-refractivity contribution is -0.141. The maximum atomic E-state index is 14.6. The zero-order chi connectivity index (χ0) is 30.3. The number of carbonyl (C=O) groups is 3. The molecule has 0 radical (unpaired) electrons. The molecule has 2 aliphatic rings. The van der Waals surface area contributed by atoms with E-state index in [1.165, 1.54) is 29.6 Å². The first-order chi connectivity index (χ1) is 20.1. The van der Waals surface area contributed by atoms with E-state index in [0.717, 1.165) is 24.8 Å². The number of halogens is 1. The number of hydrogen-bond donors (Lipinski definition) is 4. The molecule has 0 aromatic heterocycles. The Kier molecular flexibility index (Phi) is 10.6. The fourth-order valence-corrected chi connectivity index (χ4v) is 5.55. The summed E-state index contributed by atoms with van der Waals surface area (Å²) in [6.45, 7) is 2.63. The third kappa shape index (κ3) is 8.29. The number of amides is 3. The molecule has 4 rings (SSSR count). The predicted molar refractivity (Wildman–Crippen MR) is 157 cm³/mol. The number of nitrogens with zero attached hydrogens (tertiary/aromatic N) is 1. The molecule has 2 aromatic rings. The van der Waals surface area contributed by atoms with Gasteiger partial charge in [-0.1, -0.05) is 31.2 Å². The molecule has 42 heavy (non-hydrogen) atoms. The number of hydrogen-bond acceptors (Lipinski definition) is 6. The Labute approximate surface area is 247 Å². The van der Waals surface area contributed by atoms with Crippen LogP contribution in [0.25, 0.3) is 0 Å². The molecule has 3 amide bonds. The van der Waals surface area contributed by atoms with Crippen molar-refractivity contribution >= 4 is 17.7 Å². The van der Waals surface area contributed by atoms with Crippen LogP contribution in [-0.2, 0) is 32.8 Å². The Morgan fingerprint density at radius 3 is 2.71 bits per heavy atom. The molecule has 0 unspecified atom stereocenters. The highest BCUT2D eigenvalue weighted by atomic mass is 19.1. The lowest BCUT2D eigenvalue weighted by Gasteiger charge is -2.31. The summed E-state index contributed by atoms with van der Waals surface area (Å²) >= 11 is 0. The maximum absolute atomic E-state index is 14.6. The van der Waals surface area contributed by atoms with Gasteiger partial charge in [0.1, 0.15) is 17.6 Å². The van der Waals surface area contributed by atoms with Gasteiger partial charge in [0.25, 0.3) is 0 Å². The van der Waals surface area contributed by atoms with E-state index in [1.807, 2.05) is 6.07 Å². The van der Waals surface area contributed by atoms with Crippen LogP contribution >= 0.6 is 0 Å². The number of aliphatic hydroxyl groups is 1. The molecule has 10 heteroatoms. The van der Waals surface area contributed by atoms with Gasteiger partial charge in [0, 0.05) is 31.6 Å². The van der Waals surface area contributed by atoms with E-state index < -0.39 is 35.8 Å². The van der Waals surface area contributed by atoms with E-state index in [1.54, 1.807) is 6.07 Å². The number of rotatable bonds is 8. The van der Waals surface area contributed by atoms with Crippen LogP contribution in [0.1, 0.15) is 68.6 Å². The largest absolute Gasteiger partial charge is 0.493 e. The molecule has 1 saturated carbocycles. The van der Waals surface area contributed by atoms with Crippen molar-refractivity contribution in [3.8, 4) is 5.75 Å². The number of ether oxygens (including phenoxy) is 1. The van der Waals surface area contributed by atoms with Crippen LogP contribution in [0.5, 0.6) is 5.75 Å². The Hall–Kier alpha value is -3.50. The predicted octanol–water partition coefficient (Wildman–Crippen LogP) is 2.71. The highest BCUT2D eigenvalue weighted by molar-refractivity contribution is 5.91. The normalized spacial score (nSPS) is 22.1. The Morgan fingerprint density at radius 1 is 1.21 bits per heavy atom. The van der Waals surface area contributed by atoms with E-state index in [0.29, 0.717) is 37.2 Å². The van der Waals surface area contributed by atoms with Gasteiger partial charge in [0.15, 0.2) is 0 Å². The third-order valence-corrected chi connectivity index (χ3v) is 8.33. The second kappa shape index (κ2) is 14.1. The van der Waals surface area contributed by atoms with Crippen molar-refractivity contribution in [3.05, 3.63) is 65.0 Å². The van der Waals surface area contributed by atoms with E-state index in [9.17, 15) is 23.9 Å². The summed E-state index contributed by atoms with van der Waals surface area (Å²) in [6, 6.07) is 10.8. The number of nitrogens with one attached hydrogen (secondary N) is 2. The highest BCUT2D eigenvalue weighted by Crippen LogP contribution is 2.45. The quantitative estimate of drug-likeness (QED) is 0.378. The van der Waals surface area contributed by atoms with Crippen molar-refractivity contribution in [1.82, 2.24) is 15.5 Å². The van der Waals surface area contributed by atoms with Crippen LogP contribution in [-0.4, -0.2) is 66.1 Å². The standard InChI is InChI=1S/C32H43FN4O5/c1-3-21-8-7-9-23(14-21)32(11-12-32)35-20-28(38)26-17-22-15-24(33)18-25(16-22)42-13-6-4-5-10-30(40)37(2)27(19-29(34)39)31(41)36-26/h7-9,14-16,18,26-28,35,38H,3-6,10-13,17,19-20H2,1-2H3,(H2,34,39)(H,36,41)/t26-,27-,28+/m0/s1. The van der Waals surface area contributed by atoms with Crippen molar-refractivity contribution in [2.45, 2.75) is 88.4 Å². The summed E-state index contributed by atoms with van der Waals surface area (Å²) < 4.78 is 20.3. The number of carbonyl (C=O) groups excluding carboxylic acids is 3. The second-order valence-corrected chi connectivity index (χ2v) is 11.5. The Morgan fingerprint density at radius 2 is 2.00 bits per heavy atom. The Balaban J connectivity index is 1.59. The van der Waals surface area contributed by atoms with Gasteiger partial charge in [-0.15, -0.1) is 0 Å². The molecule has 2 bridgehead atoms. The lowest BCUT2D eigenvalue weighted by atomic mass is 9.97. The fraction of sp³-hybridized carbons (Fsp3) is 0.531. The summed E-state index contributed by atoms with van der Waals surface area (Å²) in [5, 5.41) is 17.8. The average Bonchev–Trinajstić information content (AvgIpc) is 3.76.